The molecule has 1 unspecified atom stereocenters. The summed E-state index contributed by atoms with van der Waals surface area (Å²) in [6, 6.07) is 7.07. The van der Waals surface area contributed by atoms with Crippen molar-refractivity contribution in [1.82, 2.24) is 10.2 Å². The van der Waals surface area contributed by atoms with Gasteiger partial charge >= 0.3 is 6.03 Å². The van der Waals surface area contributed by atoms with Gasteiger partial charge in [0.25, 0.3) is 0 Å². The Hall–Kier alpha value is -1.27. The average Bonchev–Trinajstić information content (AvgIpc) is 2.84. The predicted molar refractivity (Wildman–Crippen MR) is 92.7 cm³/mol. The second-order valence-electron chi connectivity index (χ2n) is 6.72. The van der Waals surface area contributed by atoms with Gasteiger partial charge in [-0.25, -0.2) is 13.2 Å². The van der Waals surface area contributed by atoms with Crippen molar-refractivity contribution >= 4 is 27.5 Å². The van der Waals surface area contributed by atoms with E-state index < -0.39 is 9.84 Å². The molecule has 0 spiro atoms. The quantitative estimate of drug-likeness (QED) is 0.899. The third-order valence-corrected chi connectivity index (χ3v) is 6.39. The van der Waals surface area contributed by atoms with Crippen LogP contribution in [-0.4, -0.2) is 50.5 Å². The van der Waals surface area contributed by atoms with Crippen LogP contribution in [-0.2, 0) is 15.3 Å². The van der Waals surface area contributed by atoms with E-state index >= 15 is 0 Å². The van der Waals surface area contributed by atoms with Crippen LogP contribution < -0.4 is 5.32 Å². The Labute approximate surface area is 142 Å². The Morgan fingerprint density at radius 3 is 2.48 bits per heavy atom. The van der Waals surface area contributed by atoms with Crippen LogP contribution in [0.15, 0.2) is 24.3 Å². The molecular formula is C16H23ClN2O3S. The molecule has 1 fully saturated rings. The second kappa shape index (κ2) is 6.69. The Morgan fingerprint density at radius 1 is 1.35 bits per heavy atom. The van der Waals surface area contributed by atoms with Gasteiger partial charge in [-0.3, -0.25) is 0 Å². The first-order valence-corrected chi connectivity index (χ1v) is 9.78. The van der Waals surface area contributed by atoms with Gasteiger partial charge in [-0.2, -0.15) is 0 Å². The van der Waals surface area contributed by atoms with Crippen LogP contribution >= 0.6 is 11.6 Å². The van der Waals surface area contributed by atoms with Gasteiger partial charge in [0.2, 0.25) is 0 Å². The minimum absolute atomic E-state index is 0.0531. The van der Waals surface area contributed by atoms with Gasteiger partial charge in [-0.05, 0) is 24.1 Å². The fraction of sp³-hybridized carbons (Fsp3) is 0.562. The number of rotatable bonds is 4. The Morgan fingerprint density at radius 2 is 1.96 bits per heavy atom. The molecule has 1 heterocycles. The molecule has 0 aromatic heterocycles. The first-order valence-electron chi connectivity index (χ1n) is 7.58. The van der Waals surface area contributed by atoms with E-state index in [1.807, 2.05) is 38.1 Å². The normalized spacial score (nSPS) is 20.3. The molecule has 0 bridgehead atoms. The SMILES string of the molecule is CN(C(=O)NCC(C)(C)c1ccc(Cl)cc1)C1CCS(=O)(=O)C1. The third kappa shape index (κ3) is 4.61. The monoisotopic (exact) mass is 358 g/mol. The number of halogens is 1. The largest absolute Gasteiger partial charge is 0.337 e. The van der Waals surface area contributed by atoms with Crippen LogP contribution in [0.25, 0.3) is 0 Å². The summed E-state index contributed by atoms with van der Waals surface area (Å²) >= 11 is 5.90. The van der Waals surface area contributed by atoms with Gasteiger partial charge in [0.15, 0.2) is 9.84 Å². The van der Waals surface area contributed by atoms with E-state index in [9.17, 15) is 13.2 Å². The number of amides is 2. The van der Waals surface area contributed by atoms with Crippen molar-refractivity contribution in [3.63, 3.8) is 0 Å². The smallest absolute Gasteiger partial charge is 0.317 e. The predicted octanol–water partition coefficient (Wildman–Crippen LogP) is 2.45. The summed E-state index contributed by atoms with van der Waals surface area (Å²) in [7, 11) is -1.35. The lowest BCUT2D eigenvalue weighted by atomic mass is 9.85. The molecule has 1 aliphatic heterocycles. The molecule has 0 saturated carbocycles. The number of nitrogens with zero attached hydrogens (tertiary/aromatic N) is 1. The average molecular weight is 359 g/mol. The van der Waals surface area contributed by atoms with Crippen molar-refractivity contribution in [3.8, 4) is 0 Å². The summed E-state index contributed by atoms with van der Waals surface area (Å²) in [5.41, 5.74) is 0.830. The Kier molecular flexibility index (Phi) is 5.26. The maximum Gasteiger partial charge on any atom is 0.317 e. The number of carbonyl (C=O) groups is 1. The van der Waals surface area contributed by atoms with E-state index in [1.54, 1.807) is 7.05 Å². The molecule has 2 rings (SSSR count). The summed E-state index contributed by atoms with van der Waals surface area (Å²) in [5.74, 6) is 0.211. The summed E-state index contributed by atoms with van der Waals surface area (Å²) < 4.78 is 23.1. The van der Waals surface area contributed by atoms with Gasteiger partial charge < -0.3 is 10.2 Å². The standard InChI is InChI=1S/C16H23ClN2O3S/c1-16(2,12-4-6-13(17)7-5-12)11-18-15(20)19(3)14-8-9-23(21,22)10-14/h4-7,14H,8-11H2,1-3H3,(H,18,20). The zero-order chi connectivity index (χ0) is 17.3. The number of nitrogens with one attached hydrogen (secondary N) is 1. The van der Waals surface area contributed by atoms with Crippen LogP contribution in [0.1, 0.15) is 25.8 Å². The molecule has 1 aromatic carbocycles. The van der Waals surface area contributed by atoms with E-state index in [4.69, 9.17) is 11.6 Å². The van der Waals surface area contributed by atoms with E-state index in [0.717, 1.165) is 5.56 Å². The van der Waals surface area contributed by atoms with E-state index in [2.05, 4.69) is 5.32 Å². The molecular weight excluding hydrogens is 336 g/mol. The van der Waals surface area contributed by atoms with Gasteiger partial charge in [-0.1, -0.05) is 37.6 Å². The van der Waals surface area contributed by atoms with Gasteiger partial charge in [0, 0.05) is 30.1 Å². The molecule has 1 atom stereocenters. The highest BCUT2D eigenvalue weighted by Crippen LogP contribution is 2.24. The summed E-state index contributed by atoms with van der Waals surface area (Å²) in [4.78, 5) is 13.8. The Balaban J connectivity index is 1.94. The molecule has 2 amide bonds. The molecule has 1 aromatic rings. The zero-order valence-electron chi connectivity index (χ0n) is 13.7. The number of hydrogen-bond acceptors (Lipinski definition) is 3. The summed E-state index contributed by atoms with van der Waals surface area (Å²) in [5, 5.41) is 3.58. The lowest BCUT2D eigenvalue weighted by Crippen LogP contribution is -2.47. The van der Waals surface area contributed by atoms with Crippen molar-refractivity contribution < 1.29 is 13.2 Å². The summed E-state index contributed by atoms with van der Waals surface area (Å²) in [6.07, 6.45) is 0.507. The van der Waals surface area contributed by atoms with Crippen LogP contribution in [0.4, 0.5) is 4.79 Å². The number of benzene rings is 1. The summed E-state index contributed by atoms with van der Waals surface area (Å²) in [6.45, 7) is 4.53. The maximum atomic E-state index is 12.3. The van der Waals surface area contributed by atoms with Crippen LogP contribution in [0.5, 0.6) is 0 Å². The molecule has 0 radical (unpaired) electrons. The van der Waals surface area contributed by atoms with Gasteiger partial charge in [-0.15, -0.1) is 0 Å². The second-order valence-corrected chi connectivity index (χ2v) is 9.38. The fourth-order valence-electron chi connectivity index (χ4n) is 2.67. The molecule has 1 saturated heterocycles. The maximum absolute atomic E-state index is 12.3. The molecule has 0 aliphatic carbocycles. The fourth-order valence-corrected chi connectivity index (χ4v) is 4.57. The highest BCUT2D eigenvalue weighted by molar-refractivity contribution is 7.91. The van der Waals surface area contributed by atoms with E-state index in [0.29, 0.717) is 18.0 Å². The van der Waals surface area contributed by atoms with Crippen LogP contribution in [0.2, 0.25) is 5.02 Å². The lowest BCUT2D eigenvalue weighted by Gasteiger charge is -2.29. The van der Waals surface area contributed by atoms with E-state index in [-0.39, 0.29) is 29.0 Å². The van der Waals surface area contributed by atoms with Gasteiger partial charge in [0.1, 0.15) is 0 Å². The topological polar surface area (TPSA) is 66.5 Å². The number of sulfone groups is 1. The minimum Gasteiger partial charge on any atom is -0.337 e. The molecule has 1 N–H and O–H groups in total. The lowest BCUT2D eigenvalue weighted by molar-refractivity contribution is 0.193. The minimum atomic E-state index is -3.00. The first-order chi connectivity index (χ1) is 10.6. The number of carbonyl (C=O) groups excluding carboxylic acids is 1. The van der Waals surface area contributed by atoms with Crippen molar-refractivity contribution in [3.05, 3.63) is 34.9 Å². The van der Waals surface area contributed by atoms with Gasteiger partial charge in [0.05, 0.1) is 11.5 Å². The Bertz CT molecular complexity index is 671. The molecule has 23 heavy (non-hydrogen) atoms. The first kappa shape index (κ1) is 18.1. The van der Waals surface area contributed by atoms with Crippen molar-refractivity contribution in [2.45, 2.75) is 31.7 Å². The highest BCUT2D eigenvalue weighted by Gasteiger charge is 2.33. The van der Waals surface area contributed by atoms with Crippen molar-refractivity contribution in [2.24, 2.45) is 0 Å². The van der Waals surface area contributed by atoms with Crippen LogP contribution in [0, 0.1) is 0 Å². The molecule has 7 heteroatoms. The zero-order valence-corrected chi connectivity index (χ0v) is 15.2. The molecule has 5 nitrogen and oxygen atoms in total. The highest BCUT2D eigenvalue weighted by atomic mass is 35.5. The van der Waals surface area contributed by atoms with Crippen LogP contribution in [0.3, 0.4) is 0 Å². The molecule has 128 valence electrons. The molecule has 1 aliphatic rings. The van der Waals surface area contributed by atoms with Crippen molar-refractivity contribution in [1.29, 1.82) is 0 Å². The van der Waals surface area contributed by atoms with Crippen molar-refractivity contribution in [2.75, 3.05) is 25.1 Å². The number of hydrogen-bond donors (Lipinski definition) is 1. The number of urea groups is 1. The third-order valence-electron chi connectivity index (χ3n) is 4.38. The van der Waals surface area contributed by atoms with E-state index in [1.165, 1.54) is 4.90 Å².